The van der Waals surface area contributed by atoms with Crippen LogP contribution in [-0.2, 0) is 20.8 Å². The Morgan fingerprint density at radius 2 is 1.70 bits per heavy atom. The number of aliphatic carboxylic acids is 2. The van der Waals surface area contributed by atoms with Gasteiger partial charge >= 0.3 is 11.9 Å². The Kier molecular flexibility index (Phi) is 8.61. The lowest BCUT2D eigenvalue weighted by atomic mass is 9.65. The summed E-state index contributed by atoms with van der Waals surface area (Å²) < 4.78 is 0.492. The second kappa shape index (κ2) is 11.0. The van der Waals surface area contributed by atoms with Crippen molar-refractivity contribution in [2.24, 2.45) is 16.7 Å². The number of carboxylic acids is 2. The van der Waals surface area contributed by atoms with E-state index in [4.69, 9.17) is 23.2 Å². The summed E-state index contributed by atoms with van der Waals surface area (Å²) in [6.45, 7) is 5.08. The van der Waals surface area contributed by atoms with Crippen LogP contribution in [0.3, 0.4) is 0 Å². The fourth-order valence-corrected chi connectivity index (χ4v) is 5.83. The molecule has 8 nitrogen and oxygen atoms in total. The molecule has 1 aliphatic carbocycles. The van der Waals surface area contributed by atoms with Gasteiger partial charge in [-0.2, -0.15) is 0 Å². The van der Waals surface area contributed by atoms with Gasteiger partial charge in [0.25, 0.3) is 5.91 Å². The molecule has 1 saturated carbocycles. The Bertz CT molecular complexity index is 1250. The number of benzene rings is 2. The third-order valence-electron chi connectivity index (χ3n) is 7.54. The van der Waals surface area contributed by atoms with Crippen LogP contribution in [0.1, 0.15) is 49.5 Å². The molecule has 0 aliphatic heterocycles. The van der Waals surface area contributed by atoms with Gasteiger partial charge in [0.2, 0.25) is 5.91 Å². The van der Waals surface area contributed by atoms with Crippen molar-refractivity contribution in [3.8, 4) is 0 Å². The number of carbonyl (C=O) groups is 4. The molecular formula is C26H27BrCl2N2O6. The Morgan fingerprint density at radius 1 is 1.08 bits per heavy atom. The van der Waals surface area contributed by atoms with Crippen molar-refractivity contribution < 1.29 is 29.4 Å². The largest absolute Gasteiger partial charge is 0.481 e. The first kappa shape index (κ1) is 28.9. The lowest BCUT2D eigenvalue weighted by molar-refractivity contribution is -0.155. The van der Waals surface area contributed by atoms with Crippen LogP contribution in [0.4, 0.5) is 5.69 Å². The number of nitrogens with one attached hydrogen (secondary N) is 2. The number of hydrogen-bond donors (Lipinski definition) is 4. The average molecular weight is 614 g/mol. The summed E-state index contributed by atoms with van der Waals surface area (Å²) in [6.07, 6.45) is 0.654. The summed E-state index contributed by atoms with van der Waals surface area (Å²) in [7, 11) is 0. The molecule has 2 unspecified atom stereocenters. The normalized spacial score (nSPS) is 21.2. The van der Waals surface area contributed by atoms with Crippen LogP contribution >= 0.6 is 39.1 Å². The Hall–Kier alpha value is -2.62. The van der Waals surface area contributed by atoms with Gasteiger partial charge in [-0.1, -0.05) is 49.2 Å². The zero-order valence-corrected chi connectivity index (χ0v) is 23.5. The lowest BCUT2D eigenvalue weighted by Crippen LogP contribution is -2.49. The third kappa shape index (κ3) is 5.78. The van der Waals surface area contributed by atoms with Crippen molar-refractivity contribution in [3.63, 3.8) is 0 Å². The highest BCUT2D eigenvalue weighted by molar-refractivity contribution is 9.10. The zero-order valence-electron chi connectivity index (χ0n) is 20.4. The van der Waals surface area contributed by atoms with Crippen molar-refractivity contribution in [1.29, 1.82) is 0 Å². The number of anilines is 1. The minimum absolute atomic E-state index is 0.0202. The first-order valence-corrected chi connectivity index (χ1v) is 13.0. The van der Waals surface area contributed by atoms with Gasteiger partial charge in [0.05, 0.1) is 26.7 Å². The fraction of sp³-hybridized carbons (Fsp3) is 0.385. The molecule has 0 aromatic heterocycles. The minimum atomic E-state index is -1.23. The van der Waals surface area contributed by atoms with Crippen LogP contribution in [-0.4, -0.2) is 40.0 Å². The standard InChI is InChI=1S/C26H27BrCl2N2O6/c1-25(2)14(9-10-26(25,3)24(36)37)21(32)31-19(23(34)35)12-13-7-8-18(15(27)11-13)30-22(33)20-16(28)5-4-6-17(20)29/h4-8,11,14,19H,9-10,12H2,1-3H3,(H,30,33)(H,31,32)(H,34,35)(H,36,37)/t14?,19-,26?/m0/s1. The van der Waals surface area contributed by atoms with E-state index in [1.165, 1.54) is 0 Å². The van der Waals surface area contributed by atoms with Crippen LogP contribution < -0.4 is 10.6 Å². The summed E-state index contributed by atoms with van der Waals surface area (Å²) in [5.74, 6) is -3.82. The molecule has 0 saturated heterocycles. The van der Waals surface area contributed by atoms with E-state index >= 15 is 0 Å². The quantitative estimate of drug-likeness (QED) is 0.304. The van der Waals surface area contributed by atoms with E-state index in [1.807, 2.05) is 0 Å². The SMILES string of the molecule is CC1(C(=O)O)CCC(C(=O)N[C@@H](Cc2ccc(NC(=O)c3c(Cl)cccc3Cl)c(Br)c2)C(=O)O)C1(C)C. The third-order valence-corrected chi connectivity index (χ3v) is 8.83. The van der Waals surface area contributed by atoms with E-state index in [2.05, 4.69) is 26.6 Å². The number of carbonyl (C=O) groups excluding carboxylic acids is 2. The monoisotopic (exact) mass is 612 g/mol. The molecular weight excluding hydrogens is 587 g/mol. The predicted octanol–water partition coefficient (Wildman–Crippen LogP) is 5.65. The lowest BCUT2D eigenvalue weighted by Gasteiger charge is -2.38. The minimum Gasteiger partial charge on any atom is -0.481 e. The van der Waals surface area contributed by atoms with Crippen LogP contribution in [0.15, 0.2) is 40.9 Å². The molecule has 3 atom stereocenters. The first-order valence-electron chi connectivity index (χ1n) is 11.5. The molecule has 2 amide bonds. The van der Waals surface area contributed by atoms with Gasteiger partial charge in [0, 0.05) is 16.8 Å². The summed E-state index contributed by atoms with van der Waals surface area (Å²) >= 11 is 15.6. The van der Waals surface area contributed by atoms with Gasteiger partial charge in [0.15, 0.2) is 0 Å². The van der Waals surface area contributed by atoms with Crippen LogP contribution in [0.2, 0.25) is 10.0 Å². The maximum atomic E-state index is 13.1. The second-order valence-electron chi connectivity index (χ2n) is 9.92. The van der Waals surface area contributed by atoms with Crippen molar-refractivity contribution >= 4 is 68.6 Å². The molecule has 0 heterocycles. The Labute approximate surface area is 232 Å². The number of amides is 2. The Morgan fingerprint density at radius 3 is 2.22 bits per heavy atom. The number of rotatable bonds is 8. The maximum Gasteiger partial charge on any atom is 0.326 e. The van der Waals surface area contributed by atoms with Gasteiger partial charge in [-0.3, -0.25) is 14.4 Å². The summed E-state index contributed by atoms with van der Waals surface area (Å²) in [6, 6.07) is 8.38. The molecule has 0 bridgehead atoms. The van der Waals surface area contributed by atoms with Crippen LogP contribution in [0, 0.1) is 16.7 Å². The summed E-state index contributed by atoms with van der Waals surface area (Å²) in [5.41, 5.74) is -0.813. The highest BCUT2D eigenvalue weighted by atomic mass is 79.9. The number of hydrogen-bond acceptors (Lipinski definition) is 4. The maximum absolute atomic E-state index is 13.1. The average Bonchev–Trinajstić information content (AvgIpc) is 3.04. The number of halogens is 3. The highest BCUT2D eigenvalue weighted by Crippen LogP contribution is 2.56. The van der Waals surface area contributed by atoms with E-state index in [9.17, 15) is 29.4 Å². The predicted molar refractivity (Wildman–Crippen MR) is 144 cm³/mol. The van der Waals surface area contributed by atoms with Crippen LogP contribution in [0.25, 0.3) is 0 Å². The van der Waals surface area contributed by atoms with Gasteiger partial charge in [-0.15, -0.1) is 0 Å². The van der Waals surface area contributed by atoms with E-state index < -0.39 is 46.5 Å². The molecule has 198 valence electrons. The summed E-state index contributed by atoms with van der Waals surface area (Å²) in [4.78, 5) is 49.6. The molecule has 37 heavy (non-hydrogen) atoms. The fourth-order valence-electron chi connectivity index (χ4n) is 4.74. The zero-order chi connectivity index (χ0) is 27.7. The molecule has 0 spiro atoms. The van der Waals surface area contributed by atoms with Gasteiger partial charge in [-0.25, -0.2) is 4.79 Å². The van der Waals surface area contributed by atoms with Gasteiger partial charge in [0.1, 0.15) is 6.04 Å². The topological polar surface area (TPSA) is 133 Å². The molecule has 1 fully saturated rings. The smallest absolute Gasteiger partial charge is 0.326 e. The highest BCUT2D eigenvalue weighted by Gasteiger charge is 2.58. The molecule has 4 N–H and O–H groups in total. The Balaban J connectivity index is 1.73. The van der Waals surface area contributed by atoms with E-state index in [1.54, 1.807) is 57.2 Å². The van der Waals surface area contributed by atoms with Crippen molar-refractivity contribution in [1.82, 2.24) is 5.32 Å². The van der Waals surface area contributed by atoms with Crippen LogP contribution in [0.5, 0.6) is 0 Å². The van der Waals surface area contributed by atoms with Crippen molar-refractivity contribution in [2.75, 3.05) is 5.32 Å². The molecule has 3 rings (SSSR count). The number of carboxylic acid groups (broad SMARTS) is 2. The molecule has 2 aromatic carbocycles. The summed E-state index contributed by atoms with van der Waals surface area (Å²) in [5, 5.41) is 25.2. The molecule has 2 aromatic rings. The van der Waals surface area contributed by atoms with Gasteiger partial charge < -0.3 is 20.8 Å². The molecule has 1 aliphatic rings. The molecule has 0 radical (unpaired) electrons. The van der Waals surface area contributed by atoms with Gasteiger partial charge in [-0.05, 0) is 70.9 Å². The van der Waals surface area contributed by atoms with E-state index in [-0.39, 0.29) is 22.0 Å². The van der Waals surface area contributed by atoms with Crippen molar-refractivity contribution in [3.05, 3.63) is 62.0 Å². The van der Waals surface area contributed by atoms with E-state index in [0.29, 0.717) is 28.6 Å². The van der Waals surface area contributed by atoms with E-state index in [0.717, 1.165) is 0 Å². The second-order valence-corrected chi connectivity index (χ2v) is 11.6. The van der Waals surface area contributed by atoms with Crippen molar-refractivity contribution in [2.45, 2.75) is 46.1 Å². The molecule has 11 heteroatoms. The first-order chi connectivity index (χ1) is 17.2.